The Hall–Kier alpha value is -0.900. The fraction of sp³-hybridized carbons (Fsp3) is 0.571. The fourth-order valence-corrected chi connectivity index (χ4v) is 2.61. The summed E-state index contributed by atoms with van der Waals surface area (Å²) in [6.07, 6.45) is 1.56. The third-order valence-corrected chi connectivity index (χ3v) is 3.66. The van der Waals surface area contributed by atoms with Crippen LogP contribution in [0.3, 0.4) is 0 Å². The average molecular weight is 234 g/mol. The molecule has 3 unspecified atom stereocenters. The van der Waals surface area contributed by atoms with Crippen molar-refractivity contribution in [2.45, 2.75) is 38.0 Å². The first-order valence-electron chi connectivity index (χ1n) is 6.32. The number of aliphatic hydroxyl groups is 1. The van der Waals surface area contributed by atoms with Gasteiger partial charge in [0.25, 0.3) is 0 Å². The van der Waals surface area contributed by atoms with Gasteiger partial charge in [-0.25, -0.2) is 0 Å². The standard InChI is InChI=1S/C14H22N2O/c1-10(17)7-8-16(2)14-9-13(15)11-5-3-4-6-12(11)14/h3-6,10,13-14,17H,7-9,15H2,1-2H3. The monoisotopic (exact) mass is 234 g/mol. The largest absolute Gasteiger partial charge is 0.393 e. The molecule has 3 atom stereocenters. The van der Waals surface area contributed by atoms with Crippen molar-refractivity contribution in [2.75, 3.05) is 13.6 Å². The van der Waals surface area contributed by atoms with Crippen molar-refractivity contribution in [3.8, 4) is 0 Å². The Balaban J connectivity index is 2.08. The van der Waals surface area contributed by atoms with Crippen molar-refractivity contribution in [1.29, 1.82) is 0 Å². The van der Waals surface area contributed by atoms with Crippen LogP contribution < -0.4 is 5.73 Å². The lowest BCUT2D eigenvalue weighted by Gasteiger charge is -2.25. The van der Waals surface area contributed by atoms with E-state index >= 15 is 0 Å². The highest BCUT2D eigenvalue weighted by molar-refractivity contribution is 5.37. The molecule has 3 N–H and O–H groups in total. The Morgan fingerprint density at radius 2 is 2.06 bits per heavy atom. The number of nitrogens with two attached hydrogens (primary N) is 1. The third kappa shape index (κ3) is 2.68. The summed E-state index contributed by atoms with van der Waals surface area (Å²) < 4.78 is 0. The van der Waals surface area contributed by atoms with Crippen LogP contribution in [0.5, 0.6) is 0 Å². The molecule has 2 rings (SSSR count). The summed E-state index contributed by atoms with van der Waals surface area (Å²) in [6.45, 7) is 2.74. The van der Waals surface area contributed by atoms with Crippen LogP contribution in [-0.2, 0) is 0 Å². The molecule has 94 valence electrons. The lowest BCUT2D eigenvalue weighted by molar-refractivity contribution is 0.148. The number of nitrogens with zero attached hydrogens (tertiary/aromatic N) is 1. The Morgan fingerprint density at radius 1 is 1.41 bits per heavy atom. The van der Waals surface area contributed by atoms with Crippen LogP contribution in [0.1, 0.15) is 43.0 Å². The van der Waals surface area contributed by atoms with Crippen LogP contribution in [-0.4, -0.2) is 29.7 Å². The van der Waals surface area contributed by atoms with Gasteiger partial charge in [0.05, 0.1) is 6.10 Å². The molecule has 0 aromatic heterocycles. The lowest BCUT2D eigenvalue weighted by Crippen LogP contribution is -2.26. The van der Waals surface area contributed by atoms with E-state index in [0.29, 0.717) is 6.04 Å². The van der Waals surface area contributed by atoms with Crippen molar-refractivity contribution in [2.24, 2.45) is 5.73 Å². The second-order valence-electron chi connectivity index (χ2n) is 5.11. The minimum absolute atomic E-state index is 0.158. The van der Waals surface area contributed by atoms with E-state index in [-0.39, 0.29) is 12.1 Å². The second kappa shape index (κ2) is 5.17. The van der Waals surface area contributed by atoms with E-state index in [1.54, 1.807) is 0 Å². The van der Waals surface area contributed by atoms with Gasteiger partial charge in [0, 0.05) is 18.6 Å². The van der Waals surface area contributed by atoms with E-state index < -0.39 is 0 Å². The molecule has 3 nitrogen and oxygen atoms in total. The molecule has 0 saturated carbocycles. The molecule has 0 saturated heterocycles. The maximum Gasteiger partial charge on any atom is 0.0524 e. The molecule has 1 aliphatic rings. The third-order valence-electron chi connectivity index (χ3n) is 3.66. The Labute approximate surface area is 103 Å². The SMILES string of the molecule is CC(O)CCN(C)C1CC(N)c2ccccc21. The van der Waals surface area contributed by atoms with Crippen LogP contribution in [0.15, 0.2) is 24.3 Å². The van der Waals surface area contributed by atoms with E-state index in [4.69, 9.17) is 5.73 Å². The van der Waals surface area contributed by atoms with Crippen LogP contribution in [0.4, 0.5) is 0 Å². The van der Waals surface area contributed by atoms with E-state index in [2.05, 4.69) is 36.2 Å². The Morgan fingerprint density at radius 3 is 2.71 bits per heavy atom. The van der Waals surface area contributed by atoms with Gasteiger partial charge in [0.15, 0.2) is 0 Å². The highest BCUT2D eigenvalue weighted by Crippen LogP contribution is 2.40. The minimum atomic E-state index is -0.234. The van der Waals surface area contributed by atoms with Gasteiger partial charge in [-0.2, -0.15) is 0 Å². The average Bonchev–Trinajstić information content (AvgIpc) is 2.65. The predicted octanol–water partition coefficient (Wildman–Crippen LogP) is 1.83. The molecular weight excluding hydrogens is 212 g/mol. The smallest absolute Gasteiger partial charge is 0.0524 e. The summed E-state index contributed by atoms with van der Waals surface area (Å²) in [7, 11) is 2.11. The predicted molar refractivity (Wildman–Crippen MR) is 69.7 cm³/mol. The van der Waals surface area contributed by atoms with Gasteiger partial charge in [0.1, 0.15) is 0 Å². The summed E-state index contributed by atoms with van der Waals surface area (Å²) in [5.74, 6) is 0. The van der Waals surface area contributed by atoms with Gasteiger partial charge in [-0.1, -0.05) is 24.3 Å². The topological polar surface area (TPSA) is 49.5 Å². The Bertz CT molecular complexity index is 378. The summed E-state index contributed by atoms with van der Waals surface area (Å²) in [5.41, 5.74) is 8.79. The zero-order chi connectivity index (χ0) is 12.4. The molecule has 1 aromatic carbocycles. The number of hydrogen-bond donors (Lipinski definition) is 2. The first-order valence-corrected chi connectivity index (χ1v) is 6.32. The number of aliphatic hydroxyl groups excluding tert-OH is 1. The molecule has 0 heterocycles. The van der Waals surface area contributed by atoms with Crippen LogP contribution in [0, 0.1) is 0 Å². The zero-order valence-electron chi connectivity index (χ0n) is 10.6. The normalized spacial score (nSPS) is 25.0. The Kier molecular flexibility index (Phi) is 3.82. The van der Waals surface area contributed by atoms with Crippen LogP contribution in [0.25, 0.3) is 0 Å². The second-order valence-corrected chi connectivity index (χ2v) is 5.11. The maximum atomic E-state index is 9.34. The zero-order valence-corrected chi connectivity index (χ0v) is 10.6. The number of hydrogen-bond acceptors (Lipinski definition) is 3. The molecule has 0 radical (unpaired) electrons. The molecule has 1 aliphatic carbocycles. The summed E-state index contributed by atoms with van der Waals surface area (Å²) in [4.78, 5) is 2.30. The number of rotatable bonds is 4. The van der Waals surface area contributed by atoms with Gasteiger partial charge < -0.3 is 10.8 Å². The van der Waals surface area contributed by atoms with Gasteiger partial charge >= 0.3 is 0 Å². The first kappa shape index (κ1) is 12.6. The van der Waals surface area contributed by atoms with Gasteiger partial charge in [-0.05, 0) is 37.9 Å². The molecule has 0 amide bonds. The van der Waals surface area contributed by atoms with E-state index in [1.807, 2.05) is 6.92 Å². The van der Waals surface area contributed by atoms with Crippen LogP contribution >= 0.6 is 0 Å². The molecule has 17 heavy (non-hydrogen) atoms. The van der Waals surface area contributed by atoms with E-state index in [0.717, 1.165) is 19.4 Å². The molecule has 0 fully saturated rings. The highest BCUT2D eigenvalue weighted by atomic mass is 16.3. The summed E-state index contributed by atoms with van der Waals surface area (Å²) in [5, 5.41) is 9.34. The van der Waals surface area contributed by atoms with Crippen molar-refractivity contribution in [3.05, 3.63) is 35.4 Å². The van der Waals surface area contributed by atoms with Crippen molar-refractivity contribution in [3.63, 3.8) is 0 Å². The maximum absolute atomic E-state index is 9.34. The highest BCUT2D eigenvalue weighted by Gasteiger charge is 2.30. The molecule has 1 aromatic rings. The molecular formula is C14H22N2O. The quantitative estimate of drug-likeness (QED) is 0.835. The van der Waals surface area contributed by atoms with Gasteiger partial charge in [-0.15, -0.1) is 0 Å². The number of fused-ring (bicyclic) bond motifs is 1. The van der Waals surface area contributed by atoms with Crippen molar-refractivity contribution < 1.29 is 5.11 Å². The summed E-state index contributed by atoms with van der Waals surface area (Å²) in [6, 6.07) is 8.99. The molecule has 3 heteroatoms. The molecule has 0 bridgehead atoms. The van der Waals surface area contributed by atoms with Crippen molar-refractivity contribution in [1.82, 2.24) is 4.90 Å². The summed E-state index contributed by atoms with van der Waals surface area (Å²) >= 11 is 0. The lowest BCUT2D eigenvalue weighted by atomic mass is 10.1. The van der Waals surface area contributed by atoms with E-state index in [9.17, 15) is 5.11 Å². The first-order chi connectivity index (χ1) is 8.09. The molecule has 0 spiro atoms. The van der Waals surface area contributed by atoms with Crippen LogP contribution in [0.2, 0.25) is 0 Å². The number of benzene rings is 1. The van der Waals surface area contributed by atoms with E-state index in [1.165, 1.54) is 11.1 Å². The minimum Gasteiger partial charge on any atom is -0.393 e. The fourth-order valence-electron chi connectivity index (χ4n) is 2.61. The molecule has 0 aliphatic heterocycles. The van der Waals surface area contributed by atoms with Gasteiger partial charge in [-0.3, -0.25) is 4.90 Å². The van der Waals surface area contributed by atoms with Crippen molar-refractivity contribution >= 4 is 0 Å². The van der Waals surface area contributed by atoms with Gasteiger partial charge in [0.2, 0.25) is 0 Å².